The van der Waals surface area contributed by atoms with Crippen molar-refractivity contribution in [1.82, 2.24) is 4.90 Å². The molecule has 1 fully saturated rings. The van der Waals surface area contributed by atoms with E-state index in [1.54, 1.807) is 4.90 Å². The van der Waals surface area contributed by atoms with E-state index in [9.17, 15) is 13.6 Å². The second kappa shape index (κ2) is 5.86. The summed E-state index contributed by atoms with van der Waals surface area (Å²) >= 11 is 0. The molecule has 1 amide bonds. The Kier molecular flexibility index (Phi) is 4.19. The number of hydrogen-bond donors (Lipinski definition) is 1. The van der Waals surface area contributed by atoms with Crippen molar-refractivity contribution in [3.05, 3.63) is 23.8 Å². The van der Waals surface area contributed by atoms with Crippen LogP contribution in [-0.2, 0) is 0 Å². The van der Waals surface area contributed by atoms with E-state index < -0.39 is 6.61 Å². The molecule has 1 aromatic rings. The summed E-state index contributed by atoms with van der Waals surface area (Å²) in [5.74, 6) is -0.323. The van der Waals surface area contributed by atoms with Crippen molar-refractivity contribution in [2.75, 3.05) is 18.8 Å². The fourth-order valence-electron chi connectivity index (χ4n) is 2.15. The van der Waals surface area contributed by atoms with Gasteiger partial charge in [-0.15, -0.1) is 0 Å². The number of carbonyl (C=O) groups is 1. The van der Waals surface area contributed by atoms with Gasteiger partial charge in [0.2, 0.25) is 0 Å². The number of ether oxygens (including phenoxy) is 1. The predicted molar refractivity (Wildman–Crippen MR) is 67.2 cm³/mol. The molecule has 0 bridgehead atoms. The third-order valence-electron chi connectivity index (χ3n) is 3.12. The first-order valence-electron chi connectivity index (χ1n) is 6.21. The zero-order chi connectivity index (χ0) is 13.8. The summed E-state index contributed by atoms with van der Waals surface area (Å²) in [7, 11) is 0. The van der Waals surface area contributed by atoms with Gasteiger partial charge in [0.25, 0.3) is 5.91 Å². The number of nitrogens with zero attached hydrogens (tertiary/aromatic N) is 1. The van der Waals surface area contributed by atoms with Crippen LogP contribution < -0.4 is 10.5 Å². The molecule has 0 radical (unpaired) electrons. The van der Waals surface area contributed by atoms with Crippen LogP contribution in [0.4, 0.5) is 14.5 Å². The Morgan fingerprint density at radius 1 is 1.26 bits per heavy atom. The monoisotopic (exact) mass is 270 g/mol. The number of carbonyl (C=O) groups excluding carboxylic acids is 1. The second-order valence-corrected chi connectivity index (χ2v) is 4.48. The van der Waals surface area contributed by atoms with Crippen LogP contribution in [0.3, 0.4) is 0 Å². The zero-order valence-corrected chi connectivity index (χ0v) is 10.4. The van der Waals surface area contributed by atoms with Crippen LogP contribution >= 0.6 is 0 Å². The predicted octanol–water partition coefficient (Wildman–Crippen LogP) is 2.50. The Balaban J connectivity index is 2.17. The van der Waals surface area contributed by atoms with Gasteiger partial charge in [-0.25, -0.2) is 0 Å². The molecule has 1 heterocycles. The molecular formula is C13H16F2N2O2. The minimum Gasteiger partial charge on any atom is -0.433 e. The van der Waals surface area contributed by atoms with E-state index in [1.165, 1.54) is 18.2 Å². The van der Waals surface area contributed by atoms with E-state index in [0.29, 0.717) is 18.7 Å². The molecule has 0 spiro atoms. The first-order valence-corrected chi connectivity index (χ1v) is 6.21. The molecule has 1 aliphatic rings. The molecule has 1 saturated heterocycles. The summed E-state index contributed by atoms with van der Waals surface area (Å²) in [6.07, 6.45) is 3.06. The van der Waals surface area contributed by atoms with Crippen molar-refractivity contribution >= 4 is 11.6 Å². The van der Waals surface area contributed by atoms with Crippen LogP contribution in [0.2, 0.25) is 0 Å². The highest BCUT2D eigenvalue weighted by atomic mass is 19.3. The number of rotatable bonds is 3. The minimum absolute atomic E-state index is 0.0931. The van der Waals surface area contributed by atoms with Gasteiger partial charge in [-0.3, -0.25) is 4.79 Å². The number of halogens is 2. The molecule has 0 atom stereocenters. The topological polar surface area (TPSA) is 55.6 Å². The molecule has 0 unspecified atom stereocenters. The Hall–Kier alpha value is -1.85. The molecule has 1 aromatic carbocycles. The maximum atomic E-state index is 12.2. The fraction of sp³-hybridized carbons (Fsp3) is 0.462. The molecule has 6 heteroatoms. The van der Waals surface area contributed by atoms with E-state index in [1.807, 2.05) is 0 Å². The number of benzene rings is 1. The minimum atomic E-state index is -2.96. The van der Waals surface area contributed by atoms with Gasteiger partial charge in [-0.2, -0.15) is 8.78 Å². The van der Waals surface area contributed by atoms with Crippen molar-refractivity contribution in [1.29, 1.82) is 0 Å². The van der Waals surface area contributed by atoms with Crippen LogP contribution in [0.5, 0.6) is 5.75 Å². The van der Waals surface area contributed by atoms with E-state index >= 15 is 0 Å². The number of anilines is 1. The quantitative estimate of drug-likeness (QED) is 0.858. The van der Waals surface area contributed by atoms with Crippen LogP contribution in [0.25, 0.3) is 0 Å². The molecule has 2 rings (SSSR count). The average molecular weight is 270 g/mol. The standard InChI is InChI=1S/C13H16F2N2O2/c14-13(15)19-11-8-9(4-5-10(11)16)12(18)17-6-2-1-3-7-17/h4-5,8,13H,1-3,6-7,16H2. The molecule has 0 aromatic heterocycles. The summed E-state index contributed by atoms with van der Waals surface area (Å²) in [6, 6.07) is 4.22. The molecular weight excluding hydrogens is 254 g/mol. The van der Waals surface area contributed by atoms with E-state index in [4.69, 9.17) is 5.73 Å². The summed E-state index contributed by atoms with van der Waals surface area (Å²) in [5.41, 5.74) is 5.95. The van der Waals surface area contributed by atoms with Gasteiger partial charge in [0.15, 0.2) is 0 Å². The number of amides is 1. The Labute approximate surface area is 110 Å². The Morgan fingerprint density at radius 3 is 2.58 bits per heavy atom. The lowest BCUT2D eigenvalue weighted by molar-refractivity contribution is -0.0493. The molecule has 19 heavy (non-hydrogen) atoms. The number of hydrogen-bond acceptors (Lipinski definition) is 3. The van der Waals surface area contributed by atoms with Gasteiger partial charge in [0.05, 0.1) is 5.69 Å². The molecule has 104 valence electrons. The highest BCUT2D eigenvalue weighted by molar-refractivity contribution is 5.95. The lowest BCUT2D eigenvalue weighted by Crippen LogP contribution is -2.35. The summed E-state index contributed by atoms with van der Waals surface area (Å²) in [4.78, 5) is 13.9. The smallest absolute Gasteiger partial charge is 0.387 e. The van der Waals surface area contributed by atoms with Crippen molar-refractivity contribution in [3.8, 4) is 5.75 Å². The van der Waals surface area contributed by atoms with Crippen LogP contribution in [-0.4, -0.2) is 30.5 Å². The van der Waals surface area contributed by atoms with Crippen LogP contribution in [0.15, 0.2) is 18.2 Å². The first kappa shape index (κ1) is 13.6. The van der Waals surface area contributed by atoms with Crippen molar-refractivity contribution in [2.24, 2.45) is 0 Å². The molecule has 1 aliphatic heterocycles. The van der Waals surface area contributed by atoms with Gasteiger partial charge in [0.1, 0.15) is 5.75 Å². The number of nitrogen functional groups attached to an aromatic ring is 1. The lowest BCUT2D eigenvalue weighted by Gasteiger charge is -2.26. The Morgan fingerprint density at radius 2 is 1.95 bits per heavy atom. The third kappa shape index (κ3) is 3.33. The van der Waals surface area contributed by atoms with Gasteiger partial charge < -0.3 is 15.4 Å². The highest BCUT2D eigenvalue weighted by Crippen LogP contribution is 2.25. The Bertz CT molecular complexity index is 460. The number of nitrogens with two attached hydrogens (primary N) is 1. The largest absolute Gasteiger partial charge is 0.433 e. The summed E-state index contributed by atoms with van der Waals surface area (Å²) in [5, 5.41) is 0. The van der Waals surface area contributed by atoms with Gasteiger partial charge >= 0.3 is 6.61 Å². The van der Waals surface area contributed by atoms with Crippen molar-refractivity contribution < 1.29 is 18.3 Å². The van der Waals surface area contributed by atoms with Crippen LogP contribution in [0.1, 0.15) is 29.6 Å². The van der Waals surface area contributed by atoms with Crippen molar-refractivity contribution in [3.63, 3.8) is 0 Å². The summed E-state index contributed by atoms with van der Waals surface area (Å²) in [6.45, 7) is -1.55. The van der Waals surface area contributed by atoms with Crippen molar-refractivity contribution in [2.45, 2.75) is 25.9 Å². The van der Waals surface area contributed by atoms with E-state index in [2.05, 4.69) is 4.74 Å². The van der Waals surface area contributed by atoms with Gasteiger partial charge in [-0.1, -0.05) is 0 Å². The normalized spacial score (nSPS) is 15.6. The van der Waals surface area contributed by atoms with Gasteiger partial charge in [0, 0.05) is 18.7 Å². The first-order chi connectivity index (χ1) is 9.08. The third-order valence-corrected chi connectivity index (χ3v) is 3.12. The maximum Gasteiger partial charge on any atom is 0.387 e. The molecule has 0 aliphatic carbocycles. The second-order valence-electron chi connectivity index (χ2n) is 4.48. The van der Waals surface area contributed by atoms with E-state index in [-0.39, 0.29) is 17.3 Å². The van der Waals surface area contributed by atoms with Crippen LogP contribution in [0, 0.1) is 0 Å². The SMILES string of the molecule is Nc1ccc(C(=O)N2CCCCC2)cc1OC(F)F. The lowest BCUT2D eigenvalue weighted by atomic mass is 10.1. The maximum absolute atomic E-state index is 12.2. The van der Waals surface area contributed by atoms with E-state index in [0.717, 1.165) is 19.3 Å². The number of piperidine rings is 1. The fourth-order valence-corrected chi connectivity index (χ4v) is 2.15. The summed E-state index contributed by atoms with van der Waals surface area (Å²) < 4.78 is 28.7. The average Bonchev–Trinajstić information content (AvgIpc) is 2.41. The highest BCUT2D eigenvalue weighted by Gasteiger charge is 2.19. The number of alkyl halides is 2. The molecule has 4 nitrogen and oxygen atoms in total. The number of likely N-dealkylation sites (tertiary alicyclic amines) is 1. The molecule has 2 N–H and O–H groups in total. The van der Waals surface area contributed by atoms with Gasteiger partial charge in [-0.05, 0) is 37.5 Å². The molecule has 0 saturated carbocycles. The zero-order valence-electron chi connectivity index (χ0n) is 10.4.